The van der Waals surface area contributed by atoms with Crippen molar-refractivity contribution in [1.82, 2.24) is 20.9 Å². The van der Waals surface area contributed by atoms with Crippen molar-refractivity contribution in [1.29, 1.82) is 0 Å². The third-order valence-electron chi connectivity index (χ3n) is 6.92. The van der Waals surface area contributed by atoms with Crippen LogP contribution in [0, 0.1) is 5.82 Å². The topological polar surface area (TPSA) is 112 Å². The van der Waals surface area contributed by atoms with Crippen LogP contribution in [-0.2, 0) is 15.1 Å². The standard InChI is InChI=1S/C25H28FN5O5/c1-35-20-5-3-2-4-18(20)31-12-10-30(11-13-31)9-8-27-22(32)21-15-25(23(33)28-24(34)29-25)17-14-16(26)6-7-19(17)36-21/h2-7,14,21H,8-13,15H2,1H3,(H,27,32)(H2,28,29,33,34)/t21-,25-/m0/s1. The minimum absolute atomic E-state index is 0.134. The minimum Gasteiger partial charge on any atom is -0.495 e. The highest BCUT2D eigenvalue weighted by atomic mass is 19.1. The van der Waals surface area contributed by atoms with Gasteiger partial charge in [0, 0.05) is 51.3 Å². The molecule has 2 aromatic rings. The number of carbonyl (C=O) groups is 3. The summed E-state index contributed by atoms with van der Waals surface area (Å²) in [4.78, 5) is 42.1. The fraction of sp³-hybridized carbons (Fsp3) is 0.400. The molecule has 0 saturated carbocycles. The van der Waals surface area contributed by atoms with Gasteiger partial charge in [-0.15, -0.1) is 0 Å². The van der Waals surface area contributed by atoms with Crippen molar-refractivity contribution in [3.63, 3.8) is 0 Å². The molecular weight excluding hydrogens is 469 g/mol. The predicted octanol–water partition coefficient (Wildman–Crippen LogP) is 0.959. The zero-order chi connectivity index (χ0) is 25.3. The lowest BCUT2D eigenvalue weighted by Gasteiger charge is -2.37. The Kier molecular flexibility index (Phi) is 6.40. The van der Waals surface area contributed by atoms with Gasteiger partial charge in [-0.1, -0.05) is 12.1 Å². The van der Waals surface area contributed by atoms with Gasteiger partial charge in [-0.3, -0.25) is 19.8 Å². The van der Waals surface area contributed by atoms with Crippen LogP contribution in [0.3, 0.4) is 0 Å². The van der Waals surface area contributed by atoms with Gasteiger partial charge in [0.1, 0.15) is 17.3 Å². The Morgan fingerprint density at radius 3 is 2.69 bits per heavy atom. The predicted molar refractivity (Wildman–Crippen MR) is 128 cm³/mol. The lowest BCUT2D eigenvalue weighted by molar-refractivity contribution is -0.133. The van der Waals surface area contributed by atoms with Gasteiger partial charge in [0.25, 0.3) is 11.8 Å². The Balaban J connectivity index is 1.17. The van der Waals surface area contributed by atoms with Crippen LogP contribution >= 0.6 is 0 Å². The molecule has 0 radical (unpaired) electrons. The van der Waals surface area contributed by atoms with E-state index in [9.17, 15) is 18.8 Å². The quantitative estimate of drug-likeness (QED) is 0.510. The Morgan fingerprint density at radius 2 is 1.97 bits per heavy atom. The number of piperazine rings is 1. The van der Waals surface area contributed by atoms with E-state index in [2.05, 4.69) is 25.8 Å². The van der Waals surface area contributed by atoms with Crippen molar-refractivity contribution in [2.24, 2.45) is 0 Å². The molecule has 190 valence electrons. The van der Waals surface area contributed by atoms with E-state index in [1.54, 1.807) is 7.11 Å². The molecule has 3 aliphatic rings. The van der Waals surface area contributed by atoms with E-state index in [-0.39, 0.29) is 17.7 Å². The molecule has 3 aliphatic heterocycles. The van der Waals surface area contributed by atoms with Gasteiger partial charge in [0.2, 0.25) is 0 Å². The smallest absolute Gasteiger partial charge is 0.322 e. The zero-order valence-electron chi connectivity index (χ0n) is 19.9. The molecule has 4 amide bonds. The molecule has 2 aromatic carbocycles. The number of hydrogen-bond acceptors (Lipinski definition) is 7. The van der Waals surface area contributed by atoms with Gasteiger partial charge in [0.15, 0.2) is 11.6 Å². The third-order valence-corrected chi connectivity index (χ3v) is 6.92. The average Bonchev–Trinajstić information content (AvgIpc) is 3.17. The minimum atomic E-state index is -1.55. The van der Waals surface area contributed by atoms with Gasteiger partial charge in [-0.25, -0.2) is 9.18 Å². The van der Waals surface area contributed by atoms with Gasteiger partial charge in [-0.05, 0) is 30.3 Å². The number of fused-ring (bicyclic) bond motifs is 2. The van der Waals surface area contributed by atoms with E-state index >= 15 is 0 Å². The van der Waals surface area contributed by atoms with Gasteiger partial charge in [0.05, 0.1) is 12.8 Å². The first-order valence-corrected chi connectivity index (χ1v) is 11.9. The second-order valence-electron chi connectivity index (χ2n) is 9.06. The second kappa shape index (κ2) is 9.65. The number of nitrogens with one attached hydrogen (secondary N) is 3. The Morgan fingerprint density at radius 1 is 1.19 bits per heavy atom. The summed E-state index contributed by atoms with van der Waals surface area (Å²) in [6, 6.07) is 10.9. The van der Waals surface area contributed by atoms with E-state index in [0.29, 0.717) is 13.1 Å². The van der Waals surface area contributed by atoms with Gasteiger partial charge < -0.3 is 25.0 Å². The monoisotopic (exact) mass is 497 g/mol. The largest absolute Gasteiger partial charge is 0.495 e. The Bertz CT molecular complexity index is 1190. The number of halogens is 1. The van der Waals surface area contributed by atoms with Gasteiger partial charge in [-0.2, -0.15) is 0 Å². The number of carbonyl (C=O) groups excluding carboxylic acids is 3. The summed E-state index contributed by atoms with van der Waals surface area (Å²) in [6.45, 7) is 4.40. The molecule has 1 spiro atoms. The number of rotatable bonds is 6. The van der Waals surface area contributed by atoms with Crippen LogP contribution in [0.4, 0.5) is 14.9 Å². The highest BCUT2D eigenvalue weighted by Crippen LogP contribution is 2.41. The van der Waals surface area contributed by atoms with Crippen molar-refractivity contribution >= 4 is 23.5 Å². The number of ether oxygens (including phenoxy) is 2. The van der Waals surface area contributed by atoms with E-state index in [1.807, 2.05) is 24.3 Å². The lowest BCUT2D eigenvalue weighted by atomic mass is 9.81. The molecule has 3 N–H and O–H groups in total. The average molecular weight is 498 g/mol. The SMILES string of the molecule is COc1ccccc1N1CCN(CCNC(=O)[C@@H]2C[C@]3(NC(=O)NC3=O)c3cc(F)ccc3O2)CC1. The van der Waals surface area contributed by atoms with Crippen LogP contribution in [0.25, 0.3) is 0 Å². The van der Waals surface area contributed by atoms with E-state index < -0.39 is 35.3 Å². The summed E-state index contributed by atoms with van der Waals surface area (Å²) < 4.78 is 25.2. The molecule has 0 aromatic heterocycles. The van der Waals surface area contributed by atoms with Crippen molar-refractivity contribution < 1.29 is 28.2 Å². The van der Waals surface area contributed by atoms with E-state index in [1.165, 1.54) is 12.1 Å². The summed E-state index contributed by atoms with van der Waals surface area (Å²) in [5, 5.41) is 7.64. The number of urea groups is 1. The number of methoxy groups -OCH3 is 1. The molecule has 2 atom stereocenters. The highest BCUT2D eigenvalue weighted by molar-refractivity contribution is 6.08. The molecule has 0 bridgehead atoms. The first-order valence-electron chi connectivity index (χ1n) is 11.9. The zero-order valence-corrected chi connectivity index (χ0v) is 19.9. The number of amides is 4. The number of imide groups is 1. The fourth-order valence-electron chi connectivity index (χ4n) is 5.05. The molecule has 2 fully saturated rings. The van der Waals surface area contributed by atoms with Gasteiger partial charge >= 0.3 is 6.03 Å². The molecule has 0 aliphatic carbocycles. The maximum atomic E-state index is 13.9. The third kappa shape index (κ3) is 4.41. The summed E-state index contributed by atoms with van der Waals surface area (Å²) >= 11 is 0. The summed E-state index contributed by atoms with van der Waals surface area (Å²) in [6.07, 6.45) is -1.15. The summed E-state index contributed by atoms with van der Waals surface area (Å²) in [5.74, 6) is -0.564. The number of anilines is 1. The maximum absolute atomic E-state index is 13.9. The highest BCUT2D eigenvalue weighted by Gasteiger charge is 2.54. The van der Waals surface area contributed by atoms with Crippen molar-refractivity contribution in [3.8, 4) is 11.5 Å². The number of nitrogens with zero attached hydrogens (tertiary/aromatic N) is 2. The molecule has 36 heavy (non-hydrogen) atoms. The fourth-order valence-corrected chi connectivity index (χ4v) is 5.05. The Labute approximate surface area is 207 Å². The number of hydrogen-bond donors (Lipinski definition) is 3. The van der Waals surface area contributed by atoms with Crippen LogP contribution in [0.2, 0.25) is 0 Å². The number of benzene rings is 2. The normalized spacial score (nSPS) is 23.5. The van der Waals surface area contributed by atoms with Crippen LogP contribution in [0.15, 0.2) is 42.5 Å². The first kappa shape index (κ1) is 23.9. The first-order chi connectivity index (χ1) is 17.4. The van der Waals surface area contributed by atoms with E-state index in [4.69, 9.17) is 9.47 Å². The van der Waals surface area contributed by atoms with E-state index in [0.717, 1.165) is 43.7 Å². The van der Waals surface area contributed by atoms with Crippen molar-refractivity contribution in [2.45, 2.75) is 18.1 Å². The Hall–Kier alpha value is -3.86. The molecule has 2 saturated heterocycles. The van der Waals surface area contributed by atoms with Crippen molar-refractivity contribution in [3.05, 3.63) is 53.8 Å². The molecule has 3 heterocycles. The van der Waals surface area contributed by atoms with Crippen LogP contribution < -0.4 is 30.3 Å². The van der Waals surface area contributed by atoms with Crippen LogP contribution in [-0.4, -0.2) is 75.2 Å². The molecule has 10 nitrogen and oxygen atoms in total. The second-order valence-corrected chi connectivity index (χ2v) is 9.06. The molecular formula is C25H28FN5O5. The van der Waals surface area contributed by atoms with Crippen LogP contribution in [0.5, 0.6) is 11.5 Å². The molecule has 5 rings (SSSR count). The van der Waals surface area contributed by atoms with Crippen LogP contribution in [0.1, 0.15) is 12.0 Å². The molecule has 0 unspecified atom stereocenters. The lowest BCUT2D eigenvalue weighted by Crippen LogP contribution is -2.55. The molecule has 11 heteroatoms. The maximum Gasteiger partial charge on any atom is 0.322 e. The van der Waals surface area contributed by atoms with Crippen molar-refractivity contribution in [2.75, 3.05) is 51.3 Å². The summed E-state index contributed by atoms with van der Waals surface area (Å²) in [7, 11) is 1.67. The summed E-state index contributed by atoms with van der Waals surface area (Å²) in [5.41, 5.74) is -0.286. The number of para-hydroxylation sites is 2.